The molecule has 2 aromatic carbocycles. The summed E-state index contributed by atoms with van der Waals surface area (Å²) in [4.78, 5) is 14.5. The third kappa shape index (κ3) is 3.99. The van der Waals surface area contributed by atoms with Crippen molar-refractivity contribution in [1.29, 1.82) is 0 Å². The van der Waals surface area contributed by atoms with Crippen LogP contribution in [0.3, 0.4) is 0 Å². The lowest BCUT2D eigenvalue weighted by Crippen LogP contribution is -2.34. The van der Waals surface area contributed by atoms with Crippen LogP contribution in [0.1, 0.15) is 29.3 Å². The number of halogens is 1. The summed E-state index contributed by atoms with van der Waals surface area (Å²) < 4.78 is 41.8. The lowest BCUT2D eigenvalue weighted by Gasteiger charge is -2.20. The van der Waals surface area contributed by atoms with Crippen molar-refractivity contribution in [3.8, 4) is 0 Å². The molecule has 0 aliphatic carbocycles. The number of carbonyl (C=O) groups is 1. The molecule has 30 heavy (non-hydrogen) atoms. The second-order valence-electron chi connectivity index (χ2n) is 7.79. The molecule has 0 N–H and O–H groups in total. The number of benzene rings is 2. The van der Waals surface area contributed by atoms with Crippen molar-refractivity contribution >= 4 is 26.6 Å². The van der Waals surface area contributed by atoms with E-state index >= 15 is 0 Å². The number of rotatable bonds is 4. The first-order chi connectivity index (χ1) is 14.4. The molecule has 1 fully saturated rings. The number of carbonyl (C=O) groups excluding carboxylic acids is 1. The molecule has 0 unspecified atom stereocenters. The molecular formula is C23H25FN2O3S. The maximum absolute atomic E-state index is 14.2. The van der Waals surface area contributed by atoms with Gasteiger partial charge in [0, 0.05) is 42.8 Å². The summed E-state index contributed by atoms with van der Waals surface area (Å²) in [6, 6.07) is 16.1. The largest absolute Gasteiger partial charge is 0.344 e. The number of sulfone groups is 1. The number of aryl methyl sites for hydroxylation is 2. The van der Waals surface area contributed by atoms with Crippen molar-refractivity contribution in [2.75, 3.05) is 18.8 Å². The standard InChI is InChI=1S/C23H25FN2O3S/c1-17-16-18-6-2-5-9-21(18)26(17)13-11-23(27)25-12-10-22(30(28,29)15-14-25)19-7-3-4-8-20(19)24/h2-9,16,22H,10-15H2,1H3/t22-/m0/s1. The Morgan fingerprint density at radius 2 is 1.83 bits per heavy atom. The van der Waals surface area contributed by atoms with E-state index in [9.17, 15) is 17.6 Å². The number of amides is 1. The van der Waals surface area contributed by atoms with E-state index in [1.165, 1.54) is 12.1 Å². The summed E-state index contributed by atoms with van der Waals surface area (Å²) >= 11 is 0. The molecule has 0 radical (unpaired) electrons. The molecule has 4 rings (SSSR count). The smallest absolute Gasteiger partial charge is 0.224 e. The fourth-order valence-corrected chi connectivity index (χ4v) is 6.09. The average molecular weight is 429 g/mol. The molecule has 1 aromatic heterocycles. The summed E-state index contributed by atoms with van der Waals surface area (Å²) in [6.07, 6.45) is 0.504. The first kappa shape index (κ1) is 20.6. The van der Waals surface area contributed by atoms with Crippen LogP contribution in [0.4, 0.5) is 4.39 Å². The third-order valence-electron chi connectivity index (χ3n) is 5.91. The van der Waals surface area contributed by atoms with Crippen molar-refractivity contribution in [3.05, 3.63) is 71.7 Å². The molecule has 1 aliphatic rings. The highest BCUT2D eigenvalue weighted by Crippen LogP contribution is 2.31. The fourth-order valence-electron chi connectivity index (χ4n) is 4.29. The van der Waals surface area contributed by atoms with Crippen molar-refractivity contribution in [3.63, 3.8) is 0 Å². The van der Waals surface area contributed by atoms with E-state index < -0.39 is 20.9 Å². The Morgan fingerprint density at radius 3 is 2.63 bits per heavy atom. The molecular weight excluding hydrogens is 403 g/mol. The molecule has 1 aliphatic heterocycles. The molecule has 3 aromatic rings. The number of hydrogen-bond donors (Lipinski definition) is 0. The highest BCUT2D eigenvalue weighted by atomic mass is 32.2. The van der Waals surface area contributed by atoms with Crippen LogP contribution < -0.4 is 0 Å². The average Bonchev–Trinajstić information content (AvgIpc) is 2.94. The third-order valence-corrected chi connectivity index (χ3v) is 8.02. The van der Waals surface area contributed by atoms with E-state index in [1.807, 2.05) is 31.2 Å². The van der Waals surface area contributed by atoms with E-state index in [4.69, 9.17) is 0 Å². The minimum atomic E-state index is -3.53. The van der Waals surface area contributed by atoms with E-state index in [1.54, 1.807) is 17.0 Å². The van der Waals surface area contributed by atoms with Gasteiger partial charge in [-0.15, -0.1) is 0 Å². The molecule has 2 heterocycles. The van der Waals surface area contributed by atoms with Gasteiger partial charge < -0.3 is 9.47 Å². The van der Waals surface area contributed by atoms with Gasteiger partial charge in [-0.25, -0.2) is 12.8 Å². The van der Waals surface area contributed by atoms with Crippen LogP contribution in [0.5, 0.6) is 0 Å². The van der Waals surface area contributed by atoms with E-state index in [2.05, 4.69) is 10.6 Å². The number of fused-ring (bicyclic) bond motifs is 1. The lowest BCUT2D eigenvalue weighted by molar-refractivity contribution is -0.131. The normalized spacial score (nSPS) is 19.0. The summed E-state index contributed by atoms with van der Waals surface area (Å²) in [5.41, 5.74) is 2.36. The van der Waals surface area contributed by atoms with Crippen molar-refractivity contribution < 1.29 is 17.6 Å². The van der Waals surface area contributed by atoms with Crippen LogP contribution in [0.2, 0.25) is 0 Å². The van der Waals surface area contributed by atoms with E-state index in [0.717, 1.165) is 16.6 Å². The first-order valence-corrected chi connectivity index (χ1v) is 11.9. The minimum Gasteiger partial charge on any atom is -0.344 e. The maximum Gasteiger partial charge on any atom is 0.224 e. The number of para-hydroxylation sites is 1. The molecule has 1 atom stereocenters. The van der Waals surface area contributed by atoms with Crippen LogP contribution in [0, 0.1) is 12.7 Å². The van der Waals surface area contributed by atoms with Gasteiger partial charge in [0.2, 0.25) is 5.91 Å². The Balaban J connectivity index is 1.47. The second kappa shape index (κ2) is 8.22. The fraction of sp³-hybridized carbons (Fsp3) is 0.348. The quantitative estimate of drug-likeness (QED) is 0.634. The van der Waals surface area contributed by atoms with Crippen LogP contribution in [0.15, 0.2) is 54.6 Å². The van der Waals surface area contributed by atoms with Gasteiger partial charge in [0.05, 0.1) is 11.0 Å². The molecule has 1 amide bonds. The zero-order chi connectivity index (χ0) is 21.3. The summed E-state index contributed by atoms with van der Waals surface area (Å²) in [7, 11) is -3.53. The van der Waals surface area contributed by atoms with Crippen molar-refractivity contribution in [2.45, 2.75) is 31.6 Å². The van der Waals surface area contributed by atoms with Gasteiger partial charge in [-0.1, -0.05) is 36.4 Å². The first-order valence-electron chi connectivity index (χ1n) is 10.2. The zero-order valence-electron chi connectivity index (χ0n) is 16.9. The second-order valence-corrected chi connectivity index (χ2v) is 10.1. The van der Waals surface area contributed by atoms with Crippen LogP contribution >= 0.6 is 0 Å². The molecule has 7 heteroatoms. The topological polar surface area (TPSA) is 59.4 Å². The SMILES string of the molecule is Cc1cc2ccccc2n1CCC(=O)N1CC[C@@H](c2ccccc2F)S(=O)(=O)CC1. The van der Waals surface area contributed by atoms with Gasteiger partial charge in [0.25, 0.3) is 0 Å². The van der Waals surface area contributed by atoms with Crippen molar-refractivity contribution in [1.82, 2.24) is 9.47 Å². The minimum absolute atomic E-state index is 0.0726. The predicted molar refractivity (Wildman–Crippen MR) is 115 cm³/mol. The predicted octanol–water partition coefficient (Wildman–Crippen LogP) is 3.87. The molecule has 158 valence electrons. The monoisotopic (exact) mass is 428 g/mol. The Kier molecular flexibility index (Phi) is 5.64. The van der Waals surface area contributed by atoms with Gasteiger partial charge in [0.1, 0.15) is 5.82 Å². The van der Waals surface area contributed by atoms with Gasteiger partial charge in [-0.05, 0) is 36.9 Å². The summed E-state index contributed by atoms with van der Waals surface area (Å²) in [6.45, 7) is 3.01. The number of hydrogen-bond acceptors (Lipinski definition) is 3. The van der Waals surface area contributed by atoms with Crippen LogP contribution in [0.25, 0.3) is 10.9 Å². The maximum atomic E-state index is 14.2. The number of nitrogens with zero attached hydrogens (tertiary/aromatic N) is 2. The molecule has 0 spiro atoms. The van der Waals surface area contributed by atoms with Gasteiger partial charge >= 0.3 is 0 Å². The Hall–Kier alpha value is -2.67. The Morgan fingerprint density at radius 1 is 1.10 bits per heavy atom. The van der Waals surface area contributed by atoms with E-state index in [-0.39, 0.29) is 30.2 Å². The summed E-state index contributed by atoms with van der Waals surface area (Å²) in [5, 5.41) is 0.225. The molecule has 0 saturated carbocycles. The molecule has 1 saturated heterocycles. The van der Waals surface area contributed by atoms with E-state index in [0.29, 0.717) is 19.5 Å². The highest BCUT2D eigenvalue weighted by molar-refractivity contribution is 7.91. The van der Waals surface area contributed by atoms with Crippen LogP contribution in [-0.2, 0) is 21.2 Å². The Labute approximate surface area is 176 Å². The zero-order valence-corrected chi connectivity index (χ0v) is 17.7. The lowest BCUT2D eigenvalue weighted by atomic mass is 10.1. The Bertz CT molecular complexity index is 1190. The highest BCUT2D eigenvalue weighted by Gasteiger charge is 2.34. The molecule has 0 bridgehead atoms. The number of aromatic nitrogens is 1. The summed E-state index contributed by atoms with van der Waals surface area (Å²) in [5.74, 6) is -0.735. The van der Waals surface area contributed by atoms with Crippen LogP contribution in [-0.4, -0.2) is 42.6 Å². The van der Waals surface area contributed by atoms with Gasteiger partial charge in [-0.3, -0.25) is 4.79 Å². The van der Waals surface area contributed by atoms with Gasteiger partial charge in [0.15, 0.2) is 9.84 Å². The van der Waals surface area contributed by atoms with Crippen molar-refractivity contribution in [2.24, 2.45) is 0 Å². The van der Waals surface area contributed by atoms with Gasteiger partial charge in [-0.2, -0.15) is 0 Å². The molecule has 5 nitrogen and oxygen atoms in total.